The fourth-order valence-corrected chi connectivity index (χ4v) is 3.23. The van der Waals surface area contributed by atoms with Gasteiger partial charge >= 0.3 is 0 Å². The number of benzene rings is 1. The Hall–Kier alpha value is -0.710. The normalized spacial score (nSPS) is 22.9. The van der Waals surface area contributed by atoms with Crippen molar-refractivity contribution in [1.29, 1.82) is 0 Å². The van der Waals surface area contributed by atoms with Gasteiger partial charge in [-0.15, -0.1) is 0 Å². The molecule has 0 aromatic heterocycles. The van der Waals surface area contributed by atoms with E-state index in [9.17, 15) is 4.21 Å². The van der Waals surface area contributed by atoms with Crippen LogP contribution in [0.1, 0.15) is 24.9 Å². The first-order valence-electron chi connectivity index (χ1n) is 7.15. The molecule has 1 aromatic carbocycles. The van der Waals surface area contributed by atoms with Crippen molar-refractivity contribution >= 4 is 10.8 Å². The van der Waals surface area contributed by atoms with E-state index in [1.54, 1.807) is 0 Å². The summed E-state index contributed by atoms with van der Waals surface area (Å²) in [6.45, 7) is 6.13. The molecule has 1 fully saturated rings. The minimum absolute atomic E-state index is 0.402. The topological polar surface area (TPSA) is 32.3 Å². The van der Waals surface area contributed by atoms with Gasteiger partial charge in [0.1, 0.15) is 0 Å². The Bertz CT molecular complexity index is 396. The second kappa shape index (κ2) is 7.78. The molecule has 0 bridgehead atoms. The Morgan fingerprint density at radius 1 is 1.37 bits per heavy atom. The summed E-state index contributed by atoms with van der Waals surface area (Å²) in [6.07, 6.45) is 1.17. The van der Waals surface area contributed by atoms with Gasteiger partial charge in [-0.05, 0) is 25.1 Å². The van der Waals surface area contributed by atoms with Crippen LogP contribution >= 0.6 is 0 Å². The fraction of sp³-hybridized carbons (Fsp3) is 0.600. The van der Waals surface area contributed by atoms with E-state index in [0.717, 1.165) is 37.7 Å². The van der Waals surface area contributed by atoms with Crippen LogP contribution in [0.3, 0.4) is 0 Å². The molecule has 19 heavy (non-hydrogen) atoms. The average molecular weight is 280 g/mol. The molecule has 2 unspecified atom stereocenters. The molecule has 1 saturated heterocycles. The molecule has 1 aliphatic heterocycles. The highest BCUT2D eigenvalue weighted by atomic mass is 32.2. The standard InChI is InChI=1S/C15H24N2OS/c1-2-19(18)12-11-17-10-6-9-16-15(13-17)14-7-4-3-5-8-14/h3-5,7-8,15-16H,2,6,9-13H2,1H3. The molecule has 4 heteroatoms. The van der Waals surface area contributed by atoms with Gasteiger partial charge in [0.05, 0.1) is 0 Å². The zero-order chi connectivity index (χ0) is 13.5. The molecule has 2 atom stereocenters. The van der Waals surface area contributed by atoms with E-state index in [-0.39, 0.29) is 0 Å². The van der Waals surface area contributed by atoms with Crippen molar-refractivity contribution in [3.63, 3.8) is 0 Å². The molecular weight excluding hydrogens is 256 g/mol. The Labute approximate surface area is 118 Å². The monoisotopic (exact) mass is 280 g/mol. The second-order valence-corrected chi connectivity index (χ2v) is 6.87. The quantitative estimate of drug-likeness (QED) is 0.892. The highest BCUT2D eigenvalue weighted by molar-refractivity contribution is 7.84. The van der Waals surface area contributed by atoms with Crippen LogP contribution in [0, 0.1) is 0 Å². The van der Waals surface area contributed by atoms with E-state index in [0.29, 0.717) is 6.04 Å². The van der Waals surface area contributed by atoms with Crippen molar-refractivity contribution in [1.82, 2.24) is 10.2 Å². The van der Waals surface area contributed by atoms with Crippen molar-refractivity contribution in [2.75, 3.05) is 37.7 Å². The molecule has 1 aliphatic rings. The van der Waals surface area contributed by atoms with Crippen LogP contribution in [-0.4, -0.2) is 46.8 Å². The van der Waals surface area contributed by atoms with Crippen LogP contribution in [-0.2, 0) is 10.8 Å². The summed E-state index contributed by atoms with van der Waals surface area (Å²) >= 11 is 0. The Balaban J connectivity index is 1.93. The summed E-state index contributed by atoms with van der Waals surface area (Å²) < 4.78 is 11.6. The van der Waals surface area contributed by atoms with Gasteiger partial charge in [-0.25, -0.2) is 0 Å². The van der Waals surface area contributed by atoms with Gasteiger partial charge in [-0.3, -0.25) is 4.21 Å². The van der Waals surface area contributed by atoms with Crippen molar-refractivity contribution in [2.45, 2.75) is 19.4 Å². The van der Waals surface area contributed by atoms with Gasteiger partial charge in [0.25, 0.3) is 0 Å². The van der Waals surface area contributed by atoms with Crippen LogP contribution in [0.15, 0.2) is 30.3 Å². The Morgan fingerprint density at radius 3 is 2.89 bits per heavy atom. The van der Waals surface area contributed by atoms with Gasteiger partial charge < -0.3 is 10.2 Å². The third-order valence-electron chi connectivity index (χ3n) is 3.64. The fourth-order valence-electron chi connectivity index (χ4n) is 2.48. The molecule has 1 aromatic rings. The highest BCUT2D eigenvalue weighted by Crippen LogP contribution is 2.16. The van der Waals surface area contributed by atoms with Crippen LogP contribution in [0.4, 0.5) is 0 Å². The Morgan fingerprint density at radius 2 is 2.16 bits per heavy atom. The first kappa shape index (κ1) is 14.7. The zero-order valence-electron chi connectivity index (χ0n) is 11.7. The van der Waals surface area contributed by atoms with E-state index in [2.05, 4.69) is 40.5 Å². The van der Waals surface area contributed by atoms with Crippen molar-refractivity contribution < 1.29 is 4.21 Å². The molecule has 106 valence electrons. The summed E-state index contributed by atoms with van der Waals surface area (Å²) in [5.74, 6) is 1.58. The van der Waals surface area contributed by atoms with E-state index in [1.165, 1.54) is 12.0 Å². The smallest absolute Gasteiger partial charge is 0.0449 e. The lowest BCUT2D eigenvalue weighted by molar-refractivity contribution is 0.284. The molecule has 2 rings (SSSR count). The summed E-state index contributed by atoms with van der Waals surface area (Å²) in [6, 6.07) is 11.0. The maximum atomic E-state index is 11.6. The first-order valence-corrected chi connectivity index (χ1v) is 8.64. The largest absolute Gasteiger partial charge is 0.309 e. The minimum Gasteiger partial charge on any atom is -0.309 e. The molecular formula is C15H24N2OS. The van der Waals surface area contributed by atoms with Crippen LogP contribution in [0.5, 0.6) is 0 Å². The number of rotatable bonds is 5. The van der Waals surface area contributed by atoms with E-state index in [4.69, 9.17) is 0 Å². The number of hydrogen-bond donors (Lipinski definition) is 1. The van der Waals surface area contributed by atoms with Gasteiger partial charge in [0.15, 0.2) is 0 Å². The van der Waals surface area contributed by atoms with Gasteiger partial charge in [0.2, 0.25) is 0 Å². The average Bonchev–Trinajstić information content (AvgIpc) is 2.71. The van der Waals surface area contributed by atoms with Gasteiger partial charge in [-0.1, -0.05) is 37.3 Å². The highest BCUT2D eigenvalue weighted by Gasteiger charge is 2.18. The predicted octanol–water partition coefficient (Wildman–Crippen LogP) is 1.79. The lowest BCUT2D eigenvalue weighted by atomic mass is 10.1. The SMILES string of the molecule is CCS(=O)CCN1CCCNC(c2ccccc2)C1. The number of hydrogen-bond acceptors (Lipinski definition) is 3. The van der Waals surface area contributed by atoms with E-state index in [1.807, 2.05) is 6.92 Å². The summed E-state index contributed by atoms with van der Waals surface area (Å²) in [5, 5.41) is 3.61. The van der Waals surface area contributed by atoms with E-state index < -0.39 is 10.8 Å². The lowest BCUT2D eigenvalue weighted by Crippen LogP contribution is -2.34. The van der Waals surface area contributed by atoms with Gasteiger partial charge in [-0.2, -0.15) is 0 Å². The minimum atomic E-state index is -0.652. The van der Waals surface area contributed by atoms with Crippen LogP contribution in [0.2, 0.25) is 0 Å². The molecule has 0 aliphatic carbocycles. The number of nitrogens with zero attached hydrogens (tertiary/aromatic N) is 1. The summed E-state index contributed by atoms with van der Waals surface area (Å²) in [4.78, 5) is 2.45. The van der Waals surface area contributed by atoms with Crippen molar-refractivity contribution in [3.8, 4) is 0 Å². The Kier molecular flexibility index (Phi) is 6.01. The second-order valence-electron chi connectivity index (χ2n) is 5.00. The maximum Gasteiger partial charge on any atom is 0.0449 e. The molecule has 1 N–H and O–H groups in total. The summed E-state index contributed by atoms with van der Waals surface area (Å²) in [5.41, 5.74) is 1.35. The maximum absolute atomic E-state index is 11.6. The zero-order valence-corrected chi connectivity index (χ0v) is 12.5. The van der Waals surface area contributed by atoms with Crippen LogP contribution in [0.25, 0.3) is 0 Å². The molecule has 0 amide bonds. The number of nitrogens with one attached hydrogen (secondary N) is 1. The third kappa shape index (κ3) is 4.71. The predicted molar refractivity (Wildman–Crippen MR) is 81.8 cm³/mol. The third-order valence-corrected chi connectivity index (χ3v) is 4.92. The molecule has 0 radical (unpaired) electrons. The van der Waals surface area contributed by atoms with E-state index >= 15 is 0 Å². The van der Waals surface area contributed by atoms with Crippen molar-refractivity contribution in [3.05, 3.63) is 35.9 Å². The van der Waals surface area contributed by atoms with Crippen LogP contribution < -0.4 is 5.32 Å². The molecule has 0 saturated carbocycles. The molecule has 1 heterocycles. The van der Waals surface area contributed by atoms with Gasteiger partial charge in [0, 0.05) is 41.4 Å². The first-order chi connectivity index (χ1) is 9.29. The summed E-state index contributed by atoms with van der Waals surface area (Å²) in [7, 11) is -0.652. The molecule has 3 nitrogen and oxygen atoms in total. The van der Waals surface area contributed by atoms with Crippen molar-refractivity contribution in [2.24, 2.45) is 0 Å². The lowest BCUT2D eigenvalue weighted by Gasteiger charge is -2.24. The molecule has 0 spiro atoms.